The van der Waals surface area contributed by atoms with Crippen LogP contribution < -0.4 is 4.74 Å². The van der Waals surface area contributed by atoms with Gasteiger partial charge in [-0.05, 0) is 72.6 Å². The van der Waals surface area contributed by atoms with Gasteiger partial charge in [-0.3, -0.25) is 4.98 Å². The maximum Gasteiger partial charge on any atom is 0.162 e. The summed E-state index contributed by atoms with van der Waals surface area (Å²) >= 11 is 0. The van der Waals surface area contributed by atoms with E-state index in [4.69, 9.17) is 23.6 Å². The highest BCUT2D eigenvalue weighted by Gasteiger charge is 2.54. The van der Waals surface area contributed by atoms with Crippen molar-refractivity contribution in [1.82, 2.24) is 4.98 Å². The Labute approximate surface area is 208 Å². The number of benzene rings is 2. The fourth-order valence-corrected chi connectivity index (χ4v) is 5.18. The molecule has 7 heteroatoms. The first-order valence-corrected chi connectivity index (χ1v) is 12.0. The molecule has 7 nitrogen and oxygen atoms in total. The Balaban J connectivity index is 1.23. The van der Waals surface area contributed by atoms with Gasteiger partial charge in [0.25, 0.3) is 0 Å². The van der Waals surface area contributed by atoms with Crippen LogP contribution in [-0.4, -0.2) is 28.1 Å². The zero-order valence-corrected chi connectivity index (χ0v) is 20.1. The molecule has 2 bridgehead atoms. The summed E-state index contributed by atoms with van der Waals surface area (Å²) in [6, 6.07) is 19.3. The minimum Gasteiger partial charge on any atom is -0.487 e. The number of ether oxygens (including phenoxy) is 3. The van der Waals surface area contributed by atoms with Crippen LogP contribution in [0.25, 0.3) is 21.9 Å². The van der Waals surface area contributed by atoms with Gasteiger partial charge in [-0.2, -0.15) is 5.26 Å². The Morgan fingerprint density at radius 3 is 2.81 bits per heavy atom. The van der Waals surface area contributed by atoms with Gasteiger partial charge >= 0.3 is 0 Å². The third-order valence-electron chi connectivity index (χ3n) is 7.11. The summed E-state index contributed by atoms with van der Waals surface area (Å²) in [7, 11) is 0. The first kappa shape index (κ1) is 22.7. The molecule has 2 aromatic heterocycles. The van der Waals surface area contributed by atoms with Crippen LogP contribution in [0.15, 0.2) is 71.5 Å². The van der Waals surface area contributed by atoms with Gasteiger partial charge < -0.3 is 23.7 Å². The van der Waals surface area contributed by atoms with Crippen molar-refractivity contribution in [3.63, 3.8) is 0 Å². The van der Waals surface area contributed by atoms with E-state index in [1.807, 2.05) is 68.4 Å². The second-order valence-electron chi connectivity index (χ2n) is 10.0. The lowest BCUT2D eigenvalue weighted by Crippen LogP contribution is -2.43. The third-order valence-corrected chi connectivity index (χ3v) is 7.11. The Hall–Kier alpha value is -3.70. The molecule has 0 saturated carbocycles. The highest BCUT2D eigenvalue weighted by Crippen LogP contribution is 2.46. The molecule has 2 aromatic carbocycles. The van der Waals surface area contributed by atoms with Gasteiger partial charge in [-0.25, -0.2) is 0 Å². The molecule has 2 aliphatic rings. The summed E-state index contributed by atoms with van der Waals surface area (Å²) in [6.45, 7) is 4.22. The molecule has 2 aliphatic heterocycles. The summed E-state index contributed by atoms with van der Waals surface area (Å²) in [5.74, 6) is 0.668. The minimum absolute atomic E-state index is 0.189. The number of furan rings is 1. The molecule has 0 amide bonds. The van der Waals surface area contributed by atoms with Gasteiger partial charge in [0.1, 0.15) is 18.0 Å². The van der Waals surface area contributed by atoms with E-state index in [1.165, 1.54) is 0 Å². The molecule has 36 heavy (non-hydrogen) atoms. The second kappa shape index (κ2) is 8.45. The normalized spacial score (nSPS) is 24.5. The number of nitriles is 1. The van der Waals surface area contributed by atoms with E-state index < -0.39 is 17.5 Å². The van der Waals surface area contributed by atoms with Crippen LogP contribution in [0.3, 0.4) is 0 Å². The maximum absolute atomic E-state index is 11.4. The standard InChI is InChI=1S/C29H26N2O5/c1-28(2)26-13-29(32,14-27(35-26)36-28)25-5-3-4-21(31-25)17-34-22-6-7-23-20(12-22)10-18(15-30)11-24(23)19-8-9-33-16-19/h3-12,16,26-27,32H,13-14,17H2,1-2H3/t26-,27-,29-/m0/s1. The number of nitrogens with zero attached hydrogens (tertiary/aromatic N) is 2. The van der Waals surface area contributed by atoms with Crippen molar-refractivity contribution >= 4 is 10.8 Å². The predicted molar refractivity (Wildman–Crippen MR) is 132 cm³/mol. The van der Waals surface area contributed by atoms with E-state index in [2.05, 4.69) is 6.07 Å². The number of rotatable bonds is 5. The van der Waals surface area contributed by atoms with Crippen LogP contribution in [0, 0.1) is 11.3 Å². The Morgan fingerprint density at radius 2 is 2.03 bits per heavy atom. The van der Waals surface area contributed by atoms with Gasteiger partial charge in [0, 0.05) is 18.4 Å². The molecule has 6 rings (SSSR count). The van der Waals surface area contributed by atoms with Crippen molar-refractivity contribution in [1.29, 1.82) is 5.26 Å². The molecule has 0 aliphatic carbocycles. The first-order chi connectivity index (χ1) is 17.3. The van der Waals surface area contributed by atoms with Crippen molar-refractivity contribution in [3.8, 4) is 22.9 Å². The number of aromatic nitrogens is 1. The van der Waals surface area contributed by atoms with Crippen molar-refractivity contribution in [2.24, 2.45) is 0 Å². The van der Waals surface area contributed by atoms with Crippen LogP contribution in [0.2, 0.25) is 0 Å². The van der Waals surface area contributed by atoms with E-state index in [1.54, 1.807) is 12.5 Å². The molecular formula is C29H26N2O5. The van der Waals surface area contributed by atoms with Crippen molar-refractivity contribution in [3.05, 3.63) is 84.1 Å². The van der Waals surface area contributed by atoms with Crippen molar-refractivity contribution in [2.45, 2.75) is 56.9 Å². The molecule has 2 saturated heterocycles. The van der Waals surface area contributed by atoms with E-state index in [0.29, 0.717) is 35.5 Å². The maximum atomic E-state index is 11.4. The largest absolute Gasteiger partial charge is 0.487 e. The molecule has 4 heterocycles. The van der Waals surface area contributed by atoms with Crippen LogP contribution >= 0.6 is 0 Å². The van der Waals surface area contributed by atoms with Crippen LogP contribution in [-0.2, 0) is 21.7 Å². The number of pyridine rings is 1. The van der Waals surface area contributed by atoms with Gasteiger partial charge in [-0.1, -0.05) is 12.1 Å². The van der Waals surface area contributed by atoms with E-state index in [-0.39, 0.29) is 12.7 Å². The highest BCUT2D eigenvalue weighted by molar-refractivity contribution is 5.98. The summed E-state index contributed by atoms with van der Waals surface area (Å²) in [5.41, 5.74) is 2.18. The first-order valence-electron chi connectivity index (χ1n) is 12.0. The molecule has 2 fully saturated rings. The van der Waals surface area contributed by atoms with Gasteiger partial charge in [-0.15, -0.1) is 0 Å². The van der Waals surface area contributed by atoms with Crippen LogP contribution in [0.5, 0.6) is 5.75 Å². The van der Waals surface area contributed by atoms with Gasteiger partial charge in [0.05, 0.1) is 47.3 Å². The smallest absolute Gasteiger partial charge is 0.162 e. The molecule has 182 valence electrons. The molecule has 3 atom stereocenters. The number of hydrogen-bond acceptors (Lipinski definition) is 7. The lowest BCUT2D eigenvalue weighted by Gasteiger charge is -2.35. The monoisotopic (exact) mass is 482 g/mol. The predicted octanol–water partition coefficient (Wildman–Crippen LogP) is 5.45. The molecule has 0 radical (unpaired) electrons. The van der Waals surface area contributed by atoms with Crippen molar-refractivity contribution in [2.75, 3.05) is 0 Å². The van der Waals surface area contributed by atoms with E-state index in [9.17, 15) is 10.4 Å². The zero-order chi connectivity index (χ0) is 24.9. The average Bonchev–Trinajstić information content (AvgIpc) is 3.48. The van der Waals surface area contributed by atoms with Crippen LogP contribution in [0.1, 0.15) is 43.6 Å². The van der Waals surface area contributed by atoms with Gasteiger partial charge in [0.2, 0.25) is 0 Å². The lowest BCUT2D eigenvalue weighted by molar-refractivity contribution is -0.162. The Morgan fingerprint density at radius 1 is 1.14 bits per heavy atom. The molecule has 4 aromatic rings. The van der Waals surface area contributed by atoms with Gasteiger partial charge in [0.15, 0.2) is 6.29 Å². The zero-order valence-electron chi connectivity index (χ0n) is 20.1. The fourth-order valence-electron chi connectivity index (χ4n) is 5.18. The summed E-state index contributed by atoms with van der Waals surface area (Å²) in [6.07, 6.45) is 3.44. The number of fused-ring (bicyclic) bond motifs is 3. The average molecular weight is 483 g/mol. The molecule has 0 unspecified atom stereocenters. The Bertz CT molecular complexity index is 1470. The van der Waals surface area contributed by atoms with Crippen LogP contribution in [0.4, 0.5) is 0 Å². The quantitative estimate of drug-likeness (QED) is 0.404. The Kier molecular flexibility index (Phi) is 5.34. The van der Waals surface area contributed by atoms with Crippen molar-refractivity contribution < 1.29 is 23.7 Å². The fraction of sp³-hybridized carbons (Fsp3) is 0.310. The molecular weight excluding hydrogens is 456 g/mol. The van der Waals surface area contributed by atoms with E-state index >= 15 is 0 Å². The number of aliphatic hydroxyl groups is 1. The third kappa shape index (κ3) is 4.03. The second-order valence-corrected chi connectivity index (χ2v) is 10.0. The summed E-state index contributed by atoms with van der Waals surface area (Å²) in [4.78, 5) is 4.73. The minimum atomic E-state index is -1.11. The summed E-state index contributed by atoms with van der Waals surface area (Å²) < 4.78 is 23.2. The highest BCUT2D eigenvalue weighted by atomic mass is 16.7. The molecule has 1 N–H and O–H groups in total. The number of hydrogen-bond donors (Lipinski definition) is 1. The van der Waals surface area contributed by atoms with E-state index in [0.717, 1.165) is 21.9 Å². The SMILES string of the molecule is CC1(C)O[C@H]2C[C@](O)(c3cccc(COc4ccc5c(-c6ccoc6)cc(C#N)cc5c4)n3)C[C@@H]1O2. The topological polar surface area (TPSA) is 97.7 Å². The summed E-state index contributed by atoms with van der Waals surface area (Å²) in [5, 5.41) is 22.9. The molecule has 0 spiro atoms. The lowest BCUT2D eigenvalue weighted by atomic mass is 9.83.